The summed E-state index contributed by atoms with van der Waals surface area (Å²) in [4.78, 5) is 18.1. The second kappa shape index (κ2) is 9.92. The zero-order valence-electron chi connectivity index (χ0n) is 18.9. The summed E-state index contributed by atoms with van der Waals surface area (Å²) in [5.41, 5.74) is 1.56. The normalized spacial score (nSPS) is 17.5. The summed E-state index contributed by atoms with van der Waals surface area (Å²) < 4.78 is 47.9. The molecular formula is C22H27ClFN3O5S. The highest BCUT2D eigenvalue weighted by Gasteiger charge is 2.46. The number of anilines is 1. The van der Waals surface area contributed by atoms with E-state index in [1.54, 1.807) is 31.9 Å². The number of hydrogen-bond acceptors (Lipinski definition) is 6. The van der Waals surface area contributed by atoms with Crippen molar-refractivity contribution >= 4 is 33.4 Å². The first-order valence-electron chi connectivity index (χ1n) is 10.4. The molecule has 1 aliphatic heterocycles. The monoisotopic (exact) mass is 499 g/mol. The zero-order chi connectivity index (χ0) is 24.5. The van der Waals surface area contributed by atoms with E-state index in [0.29, 0.717) is 25.1 Å². The Kier molecular flexibility index (Phi) is 7.62. The van der Waals surface area contributed by atoms with E-state index in [-0.39, 0.29) is 28.1 Å². The molecule has 0 amide bonds. The van der Waals surface area contributed by atoms with Crippen LogP contribution < -0.4 is 4.90 Å². The fourth-order valence-corrected chi connectivity index (χ4v) is 6.10. The van der Waals surface area contributed by atoms with Crippen molar-refractivity contribution in [3.8, 4) is 0 Å². The molecule has 1 aromatic carbocycles. The molecule has 2 heterocycles. The molecule has 3 rings (SSSR count). The molecule has 0 radical (unpaired) electrons. The number of pyridine rings is 1. The lowest BCUT2D eigenvalue weighted by molar-refractivity contribution is -0.142. The van der Waals surface area contributed by atoms with Crippen LogP contribution in [0.1, 0.15) is 36.0 Å². The largest absolute Gasteiger partial charge is 0.480 e. The van der Waals surface area contributed by atoms with Crippen LogP contribution in [0, 0.1) is 19.7 Å². The van der Waals surface area contributed by atoms with Crippen molar-refractivity contribution in [2.45, 2.75) is 44.0 Å². The minimum Gasteiger partial charge on any atom is -0.480 e. The van der Waals surface area contributed by atoms with Crippen LogP contribution in [-0.2, 0) is 19.6 Å². The number of carboxylic acid groups (broad SMARTS) is 1. The molecule has 0 aliphatic carbocycles. The lowest BCUT2D eigenvalue weighted by Gasteiger charge is -2.41. The van der Waals surface area contributed by atoms with Gasteiger partial charge in [-0.1, -0.05) is 24.6 Å². The Hall–Kier alpha value is -2.27. The van der Waals surface area contributed by atoms with Crippen molar-refractivity contribution < 1.29 is 27.4 Å². The van der Waals surface area contributed by atoms with Crippen molar-refractivity contribution in [2.75, 3.05) is 31.8 Å². The molecule has 0 unspecified atom stereocenters. The molecule has 11 heteroatoms. The summed E-state index contributed by atoms with van der Waals surface area (Å²) in [5.74, 6) is -2.74. The van der Waals surface area contributed by atoms with E-state index < -0.39 is 33.8 Å². The minimum atomic E-state index is -4.26. The summed E-state index contributed by atoms with van der Waals surface area (Å²) in [6, 6.07) is 4.00. The number of aryl methyl sites for hydroxylation is 1. The lowest BCUT2D eigenvalue weighted by Crippen LogP contribution is -2.55. The Labute approximate surface area is 198 Å². The van der Waals surface area contributed by atoms with E-state index in [1.165, 1.54) is 25.1 Å². The fourth-order valence-electron chi connectivity index (χ4n) is 4.20. The topological polar surface area (TPSA) is 100 Å². The van der Waals surface area contributed by atoms with Gasteiger partial charge in [0.15, 0.2) is 5.82 Å². The Morgan fingerprint density at radius 2 is 2.00 bits per heavy atom. The predicted molar refractivity (Wildman–Crippen MR) is 123 cm³/mol. The van der Waals surface area contributed by atoms with Gasteiger partial charge in [-0.3, -0.25) is 4.79 Å². The number of fused-ring (bicyclic) bond motifs is 1. The van der Waals surface area contributed by atoms with E-state index in [9.17, 15) is 22.7 Å². The number of nitrogens with zero attached hydrogens (tertiary/aromatic N) is 3. The molecule has 0 bridgehead atoms. The van der Waals surface area contributed by atoms with Gasteiger partial charge in [-0.2, -0.15) is 4.31 Å². The van der Waals surface area contributed by atoms with E-state index in [4.69, 9.17) is 16.3 Å². The molecule has 1 aliphatic rings. The highest BCUT2D eigenvalue weighted by molar-refractivity contribution is 7.89. The molecule has 2 aromatic rings. The number of sulfonamides is 1. The SMILES string of the molecule is COCCCN1CN([C@H](C(=O)O)[C@H](C)c2c(F)ccc(C)c2C)S(=O)(=O)c2ccc(Cl)nc21. The molecule has 180 valence electrons. The maximum atomic E-state index is 14.8. The summed E-state index contributed by atoms with van der Waals surface area (Å²) in [6.45, 7) is 5.54. The van der Waals surface area contributed by atoms with Crippen LogP contribution >= 0.6 is 11.6 Å². The Morgan fingerprint density at radius 1 is 1.30 bits per heavy atom. The van der Waals surface area contributed by atoms with Crippen LogP contribution in [0.2, 0.25) is 5.15 Å². The van der Waals surface area contributed by atoms with Gasteiger partial charge >= 0.3 is 5.97 Å². The number of halogens is 2. The number of hydrogen-bond donors (Lipinski definition) is 1. The smallest absolute Gasteiger partial charge is 0.322 e. The third kappa shape index (κ3) is 4.84. The molecular weight excluding hydrogens is 473 g/mol. The fraction of sp³-hybridized carbons (Fsp3) is 0.455. The summed E-state index contributed by atoms with van der Waals surface area (Å²) in [7, 11) is -2.71. The maximum Gasteiger partial charge on any atom is 0.322 e. The summed E-state index contributed by atoms with van der Waals surface area (Å²) in [6.07, 6.45) is 0.553. The van der Waals surface area contributed by atoms with Gasteiger partial charge in [0.1, 0.15) is 21.9 Å². The van der Waals surface area contributed by atoms with E-state index in [0.717, 1.165) is 9.87 Å². The number of carbonyl (C=O) groups is 1. The van der Waals surface area contributed by atoms with E-state index in [1.807, 2.05) is 0 Å². The van der Waals surface area contributed by atoms with Crippen LogP contribution in [0.15, 0.2) is 29.2 Å². The first kappa shape index (κ1) is 25.4. The van der Waals surface area contributed by atoms with Crippen molar-refractivity contribution in [3.05, 3.63) is 51.9 Å². The number of ether oxygens (including phenoxy) is 1. The Bertz CT molecular complexity index is 1160. The van der Waals surface area contributed by atoms with Gasteiger partial charge < -0.3 is 14.7 Å². The first-order chi connectivity index (χ1) is 15.5. The molecule has 2 atom stereocenters. The van der Waals surface area contributed by atoms with E-state index in [2.05, 4.69) is 4.98 Å². The maximum absolute atomic E-state index is 14.8. The number of carboxylic acids is 1. The standard InChI is InChI=1S/C22H27ClFN3O5S/c1-13-6-7-16(24)19(14(13)2)15(3)20(22(28)29)27-12-26(10-5-11-32-4)21-17(33(27,30)31)8-9-18(23)25-21/h6-9,15,20H,5,10-12H2,1-4H3,(H,28,29)/t15-,20+/m1/s1. The van der Waals surface area contributed by atoms with Gasteiger partial charge in [-0.15, -0.1) is 0 Å². The predicted octanol–water partition coefficient (Wildman–Crippen LogP) is 3.55. The Morgan fingerprint density at radius 3 is 2.64 bits per heavy atom. The van der Waals surface area contributed by atoms with Crippen LogP contribution in [0.25, 0.3) is 0 Å². The number of aromatic nitrogens is 1. The molecule has 0 saturated heterocycles. The van der Waals surface area contributed by atoms with Gasteiger partial charge in [-0.25, -0.2) is 17.8 Å². The van der Waals surface area contributed by atoms with Crippen molar-refractivity contribution in [1.29, 1.82) is 0 Å². The van der Waals surface area contributed by atoms with Gasteiger partial charge in [0.25, 0.3) is 0 Å². The van der Waals surface area contributed by atoms with Gasteiger partial charge in [0.2, 0.25) is 10.0 Å². The van der Waals surface area contributed by atoms with Crippen LogP contribution in [0.5, 0.6) is 0 Å². The first-order valence-corrected chi connectivity index (χ1v) is 12.2. The van der Waals surface area contributed by atoms with Gasteiger partial charge in [-0.05, 0) is 55.2 Å². The second-order valence-corrected chi connectivity index (χ2v) is 10.3. The number of rotatable bonds is 8. The molecule has 33 heavy (non-hydrogen) atoms. The van der Waals surface area contributed by atoms with Crippen LogP contribution in [-0.4, -0.2) is 61.8 Å². The number of methoxy groups -OCH3 is 1. The average molecular weight is 500 g/mol. The molecule has 0 spiro atoms. The van der Waals surface area contributed by atoms with Crippen molar-refractivity contribution in [2.24, 2.45) is 0 Å². The highest BCUT2D eigenvalue weighted by Crippen LogP contribution is 2.38. The molecule has 1 aromatic heterocycles. The average Bonchev–Trinajstić information content (AvgIpc) is 2.74. The number of benzene rings is 1. The third-order valence-electron chi connectivity index (χ3n) is 6.00. The number of aliphatic carboxylic acids is 1. The third-order valence-corrected chi connectivity index (χ3v) is 8.05. The van der Waals surface area contributed by atoms with Gasteiger partial charge in [0.05, 0.1) is 6.67 Å². The molecule has 0 saturated carbocycles. The minimum absolute atomic E-state index is 0.120. The van der Waals surface area contributed by atoms with Gasteiger partial charge in [0, 0.05) is 26.2 Å². The van der Waals surface area contributed by atoms with Crippen LogP contribution in [0.4, 0.5) is 10.2 Å². The Balaban J connectivity index is 2.12. The molecule has 8 nitrogen and oxygen atoms in total. The summed E-state index contributed by atoms with van der Waals surface area (Å²) in [5, 5.41) is 10.2. The summed E-state index contributed by atoms with van der Waals surface area (Å²) >= 11 is 6.02. The molecule has 0 fully saturated rings. The molecule has 1 N–H and O–H groups in total. The highest BCUT2D eigenvalue weighted by atomic mass is 35.5. The van der Waals surface area contributed by atoms with E-state index >= 15 is 0 Å². The second-order valence-electron chi connectivity index (χ2n) is 8.07. The van der Waals surface area contributed by atoms with Crippen LogP contribution in [0.3, 0.4) is 0 Å². The lowest BCUT2D eigenvalue weighted by atomic mass is 9.87. The van der Waals surface area contributed by atoms with Crippen molar-refractivity contribution in [1.82, 2.24) is 9.29 Å². The van der Waals surface area contributed by atoms with Crippen molar-refractivity contribution in [3.63, 3.8) is 0 Å². The zero-order valence-corrected chi connectivity index (χ0v) is 20.5. The quantitative estimate of drug-likeness (QED) is 0.438.